The SMILES string of the molecule is OOOSCF. The number of halogens is 1. The van der Waals surface area contributed by atoms with Crippen molar-refractivity contribution in [2.75, 3.05) is 6.01 Å². The maximum absolute atomic E-state index is 10.8. The summed E-state index contributed by atoms with van der Waals surface area (Å²) in [7, 11) is 0. The number of rotatable bonds is 3. The molecule has 0 saturated carbocycles. The van der Waals surface area contributed by atoms with E-state index < -0.39 is 6.01 Å². The van der Waals surface area contributed by atoms with Crippen LogP contribution in [-0.4, -0.2) is 11.3 Å². The van der Waals surface area contributed by atoms with E-state index in [0.717, 1.165) is 0 Å². The summed E-state index contributed by atoms with van der Waals surface area (Å²) in [5.74, 6) is 0. The van der Waals surface area contributed by atoms with Crippen molar-refractivity contribution in [3.8, 4) is 0 Å². The quantitative estimate of drug-likeness (QED) is 0.257. The van der Waals surface area contributed by atoms with Crippen LogP contribution in [0.3, 0.4) is 0 Å². The second-order valence-electron chi connectivity index (χ2n) is 0.370. The fourth-order valence-corrected chi connectivity index (χ4v) is 0.119. The van der Waals surface area contributed by atoms with E-state index >= 15 is 0 Å². The van der Waals surface area contributed by atoms with Crippen LogP contribution >= 0.6 is 12.0 Å². The van der Waals surface area contributed by atoms with Gasteiger partial charge in [-0.3, -0.25) is 0 Å². The lowest BCUT2D eigenvalue weighted by Gasteiger charge is -1.84. The topological polar surface area (TPSA) is 38.7 Å². The molecule has 0 bridgehead atoms. The molecule has 0 heterocycles. The van der Waals surface area contributed by atoms with Gasteiger partial charge in [0.2, 0.25) is 0 Å². The highest BCUT2D eigenvalue weighted by Gasteiger charge is 1.80. The first-order valence-electron chi connectivity index (χ1n) is 1.07. The van der Waals surface area contributed by atoms with E-state index in [1.165, 1.54) is 0 Å². The molecule has 5 heteroatoms. The molecule has 38 valence electrons. The highest BCUT2D eigenvalue weighted by Crippen LogP contribution is 1.99. The molecule has 0 aliphatic heterocycles. The highest BCUT2D eigenvalue weighted by molar-refractivity contribution is 7.94. The van der Waals surface area contributed by atoms with Crippen LogP contribution < -0.4 is 0 Å². The molecule has 0 unspecified atom stereocenters. The zero-order valence-electron chi connectivity index (χ0n) is 2.76. The summed E-state index contributed by atoms with van der Waals surface area (Å²) in [6, 6.07) is -0.736. The zero-order valence-corrected chi connectivity index (χ0v) is 3.57. The molecule has 0 aromatic carbocycles. The van der Waals surface area contributed by atoms with E-state index in [9.17, 15) is 4.39 Å². The lowest BCUT2D eigenvalue weighted by Crippen LogP contribution is -1.75. The highest BCUT2D eigenvalue weighted by atomic mass is 32.2. The van der Waals surface area contributed by atoms with Gasteiger partial charge in [0, 0.05) is 0 Å². The van der Waals surface area contributed by atoms with E-state index in [2.05, 4.69) is 9.37 Å². The van der Waals surface area contributed by atoms with Crippen LogP contribution in [0.5, 0.6) is 0 Å². The Morgan fingerprint density at radius 2 is 2.50 bits per heavy atom. The van der Waals surface area contributed by atoms with Gasteiger partial charge in [-0.1, -0.05) is 5.04 Å². The molecule has 6 heavy (non-hydrogen) atoms. The van der Waals surface area contributed by atoms with Crippen molar-refractivity contribution in [1.82, 2.24) is 0 Å². The molecule has 0 radical (unpaired) electrons. The molecule has 3 nitrogen and oxygen atoms in total. The lowest BCUT2D eigenvalue weighted by atomic mass is 11.8. The monoisotopic (exact) mass is 114 g/mol. The van der Waals surface area contributed by atoms with E-state index in [0.29, 0.717) is 12.0 Å². The molecule has 0 amide bonds. The van der Waals surface area contributed by atoms with E-state index in [1.54, 1.807) is 0 Å². The summed E-state index contributed by atoms with van der Waals surface area (Å²) >= 11 is 0.369. The minimum Gasteiger partial charge on any atom is -0.237 e. The molecule has 0 rings (SSSR count). The minimum atomic E-state index is -0.736. The number of hydrogen-bond donors (Lipinski definition) is 1. The van der Waals surface area contributed by atoms with Gasteiger partial charge >= 0.3 is 0 Å². The summed E-state index contributed by atoms with van der Waals surface area (Å²) < 4.78 is 14.4. The summed E-state index contributed by atoms with van der Waals surface area (Å²) in [6.45, 7) is 0. The zero-order chi connectivity index (χ0) is 4.83. The van der Waals surface area contributed by atoms with Gasteiger partial charge in [-0.25, -0.2) is 9.65 Å². The molecule has 0 spiro atoms. The van der Waals surface area contributed by atoms with Crippen molar-refractivity contribution >= 4 is 12.0 Å². The molecule has 0 aromatic heterocycles. The molecule has 0 saturated heterocycles. The van der Waals surface area contributed by atoms with Gasteiger partial charge in [0.15, 0.2) is 6.01 Å². The van der Waals surface area contributed by atoms with Gasteiger partial charge in [-0.15, -0.1) is 4.33 Å². The van der Waals surface area contributed by atoms with E-state index in [4.69, 9.17) is 5.26 Å². The van der Waals surface area contributed by atoms with Crippen LogP contribution in [0.2, 0.25) is 0 Å². The fraction of sp³-hybridized carbons (Fsp3) is 1.00. The van der Waals surface area contributed by atoms with E-state index in [1.807, 2.05) is 0 Å². The summed E-state index contributed by atoms with van der Waals surface area (Å²) in [4.78, 5) is 0. The Hall–Kier alpha value is 0.160. The average molecular weight is 114 g/mol. The third-order valence-corrected chi connectivity index (χ3v) is 0.369. The summed E-state index contributed by atoms with van der Waals surface area (Å²) in [5.41, 5.74) is 0. The molecule has 0 fully saturated rings. The Labute approximate surface area is 38.1 Å². The molecule has 0 aromatic rings. The number of alkyl halides is 1. The van der Waals surface area contributed by atoms with Crippen LogP contribution in [0.15, 0.2) is 0 Å². The Morgan fingerprint density at radius 3 is 2.67 bits per heavy atom. The van der Waals surface area contributed by atoms with Crippen LogP contribution in [-0.2, 0) is 9.37 Å². The van der Waals surface area contributed by atoms with Crippen LogP contribution in [0, 0.1) is 0 Å². The van der Waals surface area contributed by atoms with Gasteiger partial charge in [-0.2, -0.15) is 0 Å². The molecular formula is CH3FO3S. The van der Waals surface area contributed by atoms with Crippen molar-refractivity contribution in [2.24, 2.45) is 0 Å². The number of hydrogen-bond acceptors (Lipinski definition) is 4. The average Bonchev–Trinajstić information content (AvgIpc) is 1.61. The Morgan fingerprint density at radius 1 is 1.83 bits per heavy atom. The predicted octanol–water partition coefficient (Wildman–Crippen LogP) is 0.983. The first kappa shape index (κ1) is 6.16. The van der Waals surface area contributed by atoms with Crippen molar-refractivity contribution in [3.05, 3.63) is 0 Å². The Balaban J connectivity index is 2.34. The Bertz CT molecular complexity index is 22.8. The lowest BCUT2D eigenvalue weighted by molar-refractivity contribution is -0.432. The summed E-state index contributed by atoms with van der Waals surface area (Å²) in [6.07, 6.45) is 0. The molecule has 0 aliphatic rings. The maximum atomic E-state index is 10.8. The van der Waals surface area contributed by atoms with Gasteiger partial charge in [0.1, 0.15) is 0 Å². The second kappa shape index (κ2) is 5.16. The van der Waals surface area contributed by atoms with Crippen LogP contribution in [0.25, 0.3) is 0 Å². The summed E-state index contributed by atoms with van der Waals surface area (Å²) in [5, 5.41) is 10.3. The van der Waals surface area contributed by atoms with E-state index in [-0.39, 0.29) is 0 Å². The third-order valence-electron chi connectivity index (χ3n) is 0.123. The van der Waals surface area contributed by atoms with Crippen molar-refractivity contribution < 1.29 is 19.0 Å². The van der Waals surface area contributed by atoms with Gasteiger partial charge in [0.05, 0.1) is 12.0 Å². The smallest absolute Gasteiger partial charge is 0.164 e. The van der Waals surface area contributed by atoms with Crippen molar-refractivity contribution in [3.63, 3.8) is 0 Å². The first-order valence-corrected chi connectivity index (χ1v) is 1.98. The largest absolute Gasteiger partial charge is 0.237 e. The second-order valence-corrected chi connectivity index (χ2v) is 0.960. The van der Waals surface area contributed by atoms with Gasteiger partial charge in [-0.05, 0) is 0 Å². The van der Waals surface area contributed by atoms with Crippen molar-refractivity contribution in [1.29, 1.82) is 0 Å². The normalized spacial score (nSPS) is 9.00. The third kappa shape index (κ3) is 4.16. The molecule has 0 aliphatic carbocycles. The fourth-order valence-electron chi connectivity index (χ4n) is 0.0397. The van der Waals surface area contributed by atoms with Crippen LogP contribution in [0.1, 0.15) is 0 Å². The molecular weight excluding hydrogens is 111 g/mol. The Kier molecular flexibility index (Phi) is 5.30. The minimum absolute atomic E-state index is 0.369. The van der Waals surface area contributed by atoms with Gasteiger partial charge in [0.25, 0.3) is 0 Å². The van der Waals surface area contributed by atoms with Crippen molar-refractivity contribution in [2.45, 2.75) is 0 Å². The molecule has 0 atom stereocenters. The predicted molar refractivity (Wildman–Crippen MR) is 18.4 cm³/mol. The molecule has 1 N–H and O–H groups in total. The maximum Gasteiger partial charge on any atom is 0.164 e. The standard InChI is InChI=1S/CH3FO3S/c2-1-6-5-4-3/h3H,1H2. The first-order chi connectivity index (χ1) is 2.91. The van der Waals surface area contributed by atoms with Crippen LogP contribution in [0.4, 0.5) is 4.39 Å². The van der Waals surface area contributed by atoms with Gasteiger partial charge < -0.3 is 0 Å².